The van der Waals surface area contributed by atoms with Crippen molar-refractivity contribution in [3.8, 4) is 0 Å². The van der Waals surface area contributed by atoms with Crippen LogP contribution in [0.15, 0.2) is 18.2 Å². The number of rotatable bonds is 3. The minimum Gasteiger partial charge on any atom is -0.465 e. The van der Waals surface area contributed by atoms with Crippen molar-refractivity contribution in [1.29, 1.82) is 0 Å². The van der Waals surface area contributed by atoms with E-state index in [4.69, 9.17) is 14.0 Å². The predicted octanol–water partition coefficient (Wildman–Crippen LogP) is 2.96. The zero-order chi connectivity index (χ0) is 15.8. The van der Waals surface area contributed by atoms with Crippen LogP contribution in [0.5, 0.6) is 0 Å². The van der Waals surface area contributed by atoms with E-state index in [1.165, 1.54) is 7.11 Å². The molecule has 0 N–H and O–H groups in total. The summed E-state index contributed by atoms with van der Waals surface area (Å²) in [6.45, 7) is 10.1. The van der Waals surface area contributed by atoms with Gasteiger partial charge in [0.15, 0.2) is 0 Å². The largest absolute Gasteiger partial charge is 0.465 e. The average molecular weight is 290 g/mol. The molecule has 114 valence electrons. The number of ether oxygens (including phenoxy) is 1. The summed E-state index contributed by atoms with van der Waals surface area (Å²) < 4.78 is 16.8. The van der Waals surface area contributed by atoms with E-state index in [1.807, 2.05) is 46.8 Å². The van der Waals surface area contributed by atoms with E-state index in [2.05, 4.69) is 0 Å². The second-order valence-corrected chi connectivity index (χ2v) is 6.54. The molecule has 1 aliphatic rings. The van der Waals surface area contributed by atoms with Crippen LogP contribution < -0.4 is 0 Å². The van der Waals surface area contributed by atoms with E-state index in [-0.39, 0.29) is 24.3 Å². The van der Waals surface area contributed by atoms with Gasteiger partial charge >= 0.3 is 13.1 Å². The summed E-state index contributed by atoms with van der Waals surface area (Å²) in [4.78, 5) is 11.9. The monoisotopic (exact) mass is 290 g/mol. The van der Waals surface area contributed by atoms with Gasteiger partial charge in [-0.15, -0.1) is 0 Å². The van der Waals surface area contributed by atoms with Crippen LogP contribution in [0.3, 0.4) is 0 Å². The van der Waals surface area contributed by atoms with E-state index < -0.39 is 0 Å². The molecule has 1 aromatic rings. The van der Waals surface area contributed by atoms with Gasteiger partial charge in [0.25, 0.3) is 0 Å². The molecule has 4 nitrogen and oxygen atoms in total. The molecule has 21 heavy (non-hydrogen) atoms. The van der Waals surface area contributed by atoms with E-state index in [9.17, 15) is 4.79 Å². The fraction of sp³-hybridized carbons (Fsp3) is 0.562. The highest BCUT2D eigenvalue weighted by molar-refractivity contribution is 6.45. The summed E-state index contributed by atoms with van der Waals surface area (Å²) in [5.74, 6) is -0.332. The lowest BCUT2D eigenvalue weighted by Crippen LogP contribution is -2.41. The summed E-state index contributed by atoms with van der Waals surface area (Å²) in [6.07, 6.45) is 0.527. The highest BCUT2D eigenvalue weighted by atomic mass is 16.7. The number of benzene rings is 1. The third kappa shape index (κ3) is 3.14. The summed E-state index contributed by atoms with van der Waals surface area (Å²) in [5.41, 5.74) is 1.81. The molecule has 0 saturated carbocycles. The maximum absolute atomic E-state index is 11.9. The lowest BCUT2D eigenvalue weighted by Gasteiger charge is -2.32. The molecule has 1 aliphatic heterocycles. The van der Waals surface area contributed by atoms with Crippen molar-refractivity contribution in [3.05, 3.63) is 34.9 Å². The Morgan fingerprint density at radius 2 is 1.76 bits per heavy atom. The van der Waals surface area contributed by atoms with Gasteiger partial charge < -0.3 is 14.0 Å². The van der Waals surface area contributed by atoms with Crippen molar-refractivity contribution in [2.75, 3.05) is 7.11 Å². The van der Waals surface area contributed by atoms with Crippen LogP contribution >= 0.6 is 0 Å². The Morgan fingerprint density at radius 3 is 2.29 bits per heavy atom. The summed E-state index contributed by atoms with van der Waals surface area (Å²) >= 11 is 0. The van der Waals surface area contributed by atoms with Gasteiger partial charge in [-0.25, -0.2) is 4.79 Å². The van der Waals surface area contributed by atoms with Gasteiger partial charge in [0.05, 0.1) is 23.9 Å². The van der Waals surface area contributed by atoms with Gasteiger partial charge in [-0.2, -0.15) is 0 Å². The Kier molecular flexibility index (Phi) is 4.18. The topological polar surface area (TPSA) is 44.8 Å². The maximum atomic E-state index is 11.9. The number of carbonyl (C=O) groups excluding carboxylic acids is 1. The zero-order valence-electron chi connectivity index (χ0n) is 13.6. The Morgan fingerprint density at radius 1 is 1.19 bits per heavy atom. The minimum atomic E-state index is -0.368. The first-order chi connectivity index (χ1) is 9.66. The quantitative estimate of drug-likeness (QED) is 0.634. The van der Waals surface area contributed by atoms with Crippen molar-refractivity contribution in [2.45, 2.75) is 52.1 Å². The van der Waals surface area contributed by atoms with Gasteiger partial charge in [-0.1, -0.05) is 17.7 Å². The minimum absolute atomic E-state index is 0.332. The zero-order valence-corrected chi connectivity index (χ0v) is 13.6. The molecule has 5 heteroatoms. The van der Waals surface area contributed by atoms with Crippen LogP contribution in [-0.2, 0) is 20.4 Å². The molecule has 1 aromatic carbocycles. The number of carbonyl (C=O) groups is 1. The predicted molar refractivity (Wildman–Crippen MR) is 82.3 cm³/mol. The van der Waals surface area contributed by atoms with Crippen molar-refractivity contribution in [3.63, 3.8) is 0 Å². The van der Waals surface area contributed by atoms with E-state index in [0.29, 0.717) is 11.9 Å². The molecule has 0 aliphatic carbocycles. The number of hydrogen-bond acceptors (Lipinski definition) is 4. The molecule has 0 atom stereocenters. The van der Waals surface area contributed by atoms with E-state index in [0.717, 1.165) is 11.1 Å². The summed E-state index contributed by atoms with van der Waals surface area (Å²) in [5, 5.41) is 0. The maximum Gasteiger partial charge on any atom is 0.462 e. The van der Waals surface area contributed by atoms with E-state index in [1.54, 1.807) is 6.07 Å². The Bertz CT molecular complexity index is 535. The van der Waals surface area contributed by atoms with Crippen LogP contribution in [0.25, 0.3) is 0 Å². The standard InChI is InChI=1S/C16H23BO4/c1-11-7-8-13(14(18)19-6)12(9-11)10-17-20-15(2,3)16(4,5)21-17/h7-9H,10H2,1-6H3. The second kappa shape index (κ2) is 5.46. The Hall–Kier alpha value is -1.33. The molecule has 1 heterocycles. The highest BCUT2D eigenvalue weighted by Crippen LogP contribution is 2.37. The van der Waals surface area contributed by atoms with Crippen molar-refractivity contribution in [1.82, 2.24) is 0 Å². The smallest absolute Gasteiger partial charge is 0.462 e. The molecule has 0 spiro atoms. The first-order valence-corrected chi connectivity index (χ1v) is 7.20. The van der Waals surface area contributed by atoms with Crippen LogP contribution in [0.2, 0.25) is 0 Å². The van der Waals surface area contributed by atoms with Crippen molar-refractivity contribution >= 4 is 13.1 Å². The molecule has 1 fully saturated rings. The van der Waals surface area contributed by atoms with Crippen molar-refractivity contribution in [2.24, 2.45) is 0 Å². The summed E-state index contributed by atoms with van der Waals surface area (Å²) in [7, 11) is 1.03. The summed E-state index contributed by atoms with van der Waals surface area (Å²) in [6, 6.07) is 5.68. The molecule has 0 radical (unpaired) electrons. The Labute approximate surface area is 126 Å². The third-order valence-corrected chi connectivity index (χ3v) is 4.35. The number of methoxy groups -OCH3 is 1. The molecule has 0 amide bonds. The van der Waals surface area contributed by atoms with Crippen LogP contribution in [0.1, 0.15) is 49.2 Å². The fourth-order valence-electron chi connectivity index (χ4n) is 2.43. The van der Waals surface area contributed by atoms with Crippen LogP contribution in [0.4, 0.5) is 0 Å². The molecule has 0 unspecified atom stereocenters. The molecule has 1 saturated heterocycles. The number of hydrogen-bond donors (Lipinski definition) is 0. The number of aryl methyl sites for hydroxylation is 1. The van der Waals surface area contributed by atoms with Gasteiger partial charge in [0.1, 0.15) is 0 Å². The average Bonchev–Trinajstić information content (AvgIpc) is 2.56. The first kappa shape index (κ1) is 16.1. The molecular weight excluding hydrogens is 267 g/mol. The van der Waals surface area contributed by atoms with Crippen LogP contribution in [0, 0.1) is 6.92 Å². The molecule has 0 aromatic heterocycles. The van der Waals surface area contributed by atoms with Gasteiger partial charge in [0, 0.05) is 6.32 Å². The first-order valence-electron chi connectivity index (χ1n) is 7.20. The van der Waals surface area contributed by atoms with Gasteiger partial charge in [0.2, 0.25) is 0 Å². The highest BCUT2D eigenvalue weighted by Gasteiger charge is 2.50. The molecule has 2 rings (SSSR count). The second-order valence-electron chi connectivity index (χ2n) is 6.54. The lowest BCUT2D eigenvalue weighted by molar-refractivity contribution is 0.00578. The lowest BCUT2D eigenvalue weighted by atomic mass is 9.79. The Balaban J connectivity index is 2.25. The van der Waals surface area contributed by atoms with Crippen molar-refractivity contribution < 1.29 is 18.8 Å². The van der Waals surface area contributed by atoms with Crippen LogP contribution in [-0.4, -0.2) is 31.4 Å². The molecular formula is C16H23BO4. The SMILES string of the molecule is COC(=O)c1ccc(C)cc1CB1OC(C)(C)C(C)(C)O1. The fourth-order valence-corrected chi connectivity index (χ4v) is 2.43. The van der Waals surface area contributed by atoms with E-state index >= 15 is 0 Å². The van der Waals surface area contributed by atoms with Gasteiger partial charge in [-0.05, 0) is 46.2 Å². The number of esters is 1. The third-order valence-electron chi connectivity index (χ3n) is 4.35. The normalized spacial score (nSPS) is 19.6. The molecule has 0 bridgehead atoms. The van der Waals surface area contributed by atoms with Gasteiger partial charge in [-0.3, -0.25) is 0 Å².